The van der Waals surface area contributed by atoms with E-state index in [-0.39, 0.29) is 0 Å². The number of nitrogens with zero attached hydrogens (tertiary/aromatic N) is 2. The molecule has 0 saturated carbocycles. The normalized spacial score (nSPS) is 10.1. The first kappa shape index (κ1) is 13.6. The van der Waals surface area contributed by atoms with Crippen molar-refractivity contribution < 1.29 is 4.79 Å². The van der Waals surface area contributed by atoms with Crippen LogP contribution in [0.2, 0.25) is 0 Å². The molecule has 0 radical (unpaired) electrons. The molecule has 0 spiro atoms. The van der Waals surface area contributed by atoms with E-state index in [0.29, 0.717) is 11.8 Å². The summed E-state index contributed by atoms with van der Waals surface area (Å²) in [5, 5.41) is 9.04. The maximum absolute atomic E-state index is 11.1. The first-order valence-corrected chi connectivity index (χ1v) is 6.31. The van der Waals surface area contributed by atoms with Gasteiger partial charge in [0.15, 0.2) is 6.07 Å². The summed E-state index contributed by atoms with van der Waals surface area (Å²) < 4.78 is 0. The van der Waals surface area contributed by atoms with Crippen LogP contribution in [-0.4, -0.2) is 23.1 Å². The van der Waals surface area contributed by atoms with E-state index in [9.17, 15) is 4.79 Å². The standard InChI is InChI=1S/C13H16N2OS/c1-10(2)17-12-6-4-11(5-7-12)9-15(3)13(16)8-14/h4-7,10H,9H2,1-3H3. The molecule has 1 amide bonds. The van der Waals surface area contributed by atoms with Crippen LogP contribution in [0.25, 0.3) is 0 Å². The van der Waals surface area contributed by atoms with Crippen molar-refractivity contribution in [1.29, 1.82) is 5.26 Å². The van der Waals surface area contributed by atoms with Gasteiger partial charge >= 0.3 is 5.91 Å². The zero-order valence-corrected chi connectivity index (χ0v) is 11.1. The van der Waals surface area contributed by atoms with E-state index < -0.39 is 5.91 Å². The van der Waals surface area contributed by atoms with Crippen molar-refractivity contribution in [3.8, 4) is 6.07 Å². The van der Waals surface area contributed by atoms with E-state index in [0.717, 1.165) is 5.56 Å². The second kappa shape index (κ2) is 6.31. The summed E-state index contributed by atoms with van der Waals surface area (Å²) in [5.74, 6) is -0.509. The molecule has 0 aliphatic carbocycles. The van der Waals surface area contributed by atoms with Gasteiger partial charge in [-0.05, 0) is 17.7 Å². The Balaban J connectivity index is 2.63. The van der Waals surface area contributed by atoms with Gasteiger partial charge in [0.25, 0.3) is 0 Å². The van der Waals surface area contributed by atoms with Crippen molar-refractivity contribution in [2.75, 3.05) is 7.05 Å². The summed E-state index contributed by atoms with van der Waals surface area (Å²) in [5.41, 5.74) is 1.03. The maximum atomic E-state index is 11.1. The number of amides is 1. The second-order valence-corrected chi connectivity index (χ2v) is 5.73. The predicted molar refractivity (Wildman–Crippen MR) is 69.5 cm³/mol. The Labute approximate surface area is 106 Å². The Bertz CT molecular complexity index is 420. The number of rotatable bonds is 4. The van der Waals surface area contributed by atoms with Crippen LogP contribution in [0.15, 0.2) is 29.2 Å². The molecular formula is C13H16N2OS. The van der Waals surface area contributed by atoms with Crippen molar-refractivity contribution in [2.45, 2.75) is 30.5 Å². The summed E-state index contributed by atoms with van der Waals surface area (Å²) in [6, 6.07) is 9.68. The number of hydrogen-bond donors (Lipinski definition) is 0. The zero-order chi connectivity index (χ0) is 12.8. The van der Waals surface area contributed by atoms with Crippen LogP contribution in [0.5, 0.6) is 0 Å². The molecule has 0 aliphatic heterocycles. The van der Waals surface area contributed by atoms with Gasteiger partial charge < -0.3 is 4.90 Å². The van der Waals surface area contributed by atoms with Crippen molar-refractivity contribution >= 4 is 17.7 Å². The molecule has 0 fully saturated rings. The van der Waals surface area contributed by atoms with Crippen LogP contribution >= 0.6 is 11.8 Å². The molecule has 0 aromatic heterocycles. The van der Waals surface area contributed by atoms with Crippen LogP contribution in [0, 0.1) is 11.3 Å². The van der Waals surface area contributed by atoms with Crippen LogP contribution in [0.1, 0.15) is 19.4 Å². The highest BCUT2D eigenvalue weighted by Crippen LogP contribution is 2.23. The molecular weight excluding hydrogens is 232 g/mol. The Morgan fingerprint density at radius 1 is 1.41 bits per heavy atom. The third kappa shape index (κ3) is 4.49. The number of hydrogen-bond acceptors (Lipinski definition) is 3. The molecule has 3 nitrogen and oxygen atoms in total. The van der Waals surface area contributed by atoms with Gasteiger partial charge in [0.2, 0.25) is 0 Å². The van der Waals surface area contributed by atoms with E-state index in [4.69, 9.17) is 5.26 Å². The Morgan fingerprint density at radius 3 is 2.47 bits per heavy atom. The minimum absolute atomic E-state index is 0.471. The van der Waals surface area contributed by atoms with Gasteiger partial charge in [-0.3, -0.25) is 4.79 Å². The number of carbonyl (C=O) groups is 1. The summed E-state index contributed by atoms with van der Waals surface area (Å²) >= 11 is 1.80. The first-order valence-electron chi connectivity index (χ1n) is 5.43. The molecule has 90 valence electrons. The SMILES string of the molecule is CC(C)Sc1ccc(CN(C)C(=O)C#N)cc1. The van der Waals surface area contributed by atoms with Crippen molar-refractivity contribution in [3.05, 3.63) is 29.8 Å². The smallest absolute Gasteiger partial charge is 0.325 e. The molecule has 1 aromatic carbocycles. The first-order chi connectivity index (χ1) is 8.02. The molecule has 17 heavy (non-hydrogen) atoms. The molecule has 1 aromatic rings. The second-order valence-electron chi connectivity index (χ2n) is 4.08. The van der Waals surface area contributed by atoms with Crippen molar-refractivity contribution in [3.63, 3.8) is 0 Å². The van der Waals surface area contributed by atoms with Gasteiger partial charge in [-0.15, -0.1) is 11.8 Å². The lowest BCUT2D eigenvalue weighted by atomic mass is 10.2. The third-order valence-electron chi connectivity index (χ3n) is 2.16. The lowest BCUT2D eigenvalue weighted by Gasteiger charge is -2.13. The third-order valence-corrected chi connectivity index (χ3v) is 3.17. The number of benzene rings is 1. The molecule has 0 unspecified atom stereocenters. The molecule has 4 heteroatoms. The quantitative estimate of drug-likeness (QED) is 0.608. The Kier molecular flexibility index (Phi) is 5.05. The summed E-state index contributed by atoms with van der Waals surface area (Å²) in [6.45, 7) is 4.77. The van der Waals surface area contributed by atoms with E-state index in [1.54, 1.807) is 24.9 Å². The summed E-state index contributed by atoms with van der Waals surface area (Å²) in [6.07, 6.45) is 0. The highest BCUT2D eigenvalue weighted by molar-refractivity contribution is 7.99. The monoisotopic (exact) mass is 248 g/mol. The Morgan fingerprint density at radius 2 is 2.00 bits per heavy atom. The number of nitriles is 1. The van der Waals surface area contributed by atoms with Gasteiger partial charge in [0, 0.05) is 23.7 Å². The number of carbonyl (C=O) groups excluding carboxylic acids is 1. The van der Waals surface area contributed by atoms with Crippen LogP contribution in [0.3, 0.4) is 0 Å². The highest BCUT2D eigenvalue weighted by atomic mass is 32.2. The lowest BCUT2D eigenvalue weighted by Crippen LogP contribution is -2.24. The molecule has 0 saturated heterocycles. The van der Waals surface area contributed by atoms with Gasteiger partial charge in [-0.25, -0.2) is 0 Å². The van der Waals surface area contributed by atoms with Gasteiger partial charge in [-0.2, -0.15) is 5.26 Å². The molecule has 0 N–H and O–H groups in total. The van der Waals surface area contributed by atoms with Crippen molar-refractivity contribution in [1.82, 2.24) is 4.90 Å². The predicted octanol–water partition coefficient (Wildman–Crippen LogP) is 2.67. The van der Waals surface area contributed by atoms with Crippen LogP contribution in [0.4, 0.5) is 0 Å². The molecule has 0 atom stereocenters. The topological polar surface area (TPSA) is 44.1 Å². The van der Waals surface area contributed by atoms with E-state index in [1.807, 2.05) is 24.3 Å². The average molecular weight is 248 g/mol. The minimum Gasteiger partial charge on any atom is -0.329 e. The van der Waals surface area contributed by atoms with Gasteiger partial charge in [0.1, 0.15) is 0 Å². The molecule has 0 bridgehead atoms. The van der Waals surface area contributed by atoms with Crippen LogP contribution in [-0.2, 0) is 11.3 Å². The number of thioether (sulfide) groups is 1. The maximum Gasteiger partial charge on any atom is 0.325 e. The van der Waals surface area contributed by atoms with E-state index >= 15 is 0 Å². The van der Waals surface area contributed by atoms with Crippen LogP contribution < -0.4 is 0 Å². The largest absolute Gasteiger partial charge is 0.329 e. The summed E-state index contributed by atoms with van der Waals surface area (Å²) in [7, 11) is 1.63. The highest BCUT2D eigenvalue weighted by Gasteiger charge is 2.07. The fraction of sp³-hybridized carbons (Fsp3) is 0.385. The molecule has 0 aliphatic rings. The van der Waals surface area contributed by atoms with E-state index in [2.05, 4.69) is 13.8 Å². The zero-order valence-electron chi connectivity index (χ0n) is 10.3. The van der Waals surface area contributed by atoms with Gasteiger partial charge in [0.05, 0.1) is 0 Å². The summed E-state index contributed by atoms with van der Waals surface area (Å²) in [4.78, 5) is 13.7. The van der Waals surface area contributed by atoms with Crippen molar-refractivity contribution in [2.24, 2.45) is 0 Å². The van der Waals surface area contributed by atoms with E-state index in [1.165, 1.54) is 9.80 Å². The molecule has 1 rings (SSSR count). The van der Waals surface area contributed by atoms with Gasteiger partial charge in [-0.1, -0.05) is 26.0 Å². The molecule has 0 heterocycles. The lowest BCUT2D eigenvalue weighted by molar-refractivity contribution is -0.124. The average Bonchev–Trinajstić information content (AvgIpc) is 2.30. The fourth-order valence-electron chi connectivity index (χ4n) is 1.38. The fourth-order valence-corrected chi connectivity index (χ4v) is 2.21. The minimum atomic E-state index is -0.509. The Hall–Kier alpha value is -1.47.